The van der Waals surface area contributed by atoms with Gasteiger partial charge in [0.25, 0.3) is 5.91 Å². The summed E-state index contributed by atoms with van der Waals surface area (Å²) in [5.41, 5.74) is 3.25. The molecule has 4 nitrogen and oxygen atoms in total. The van der Waals surface area contributed by atoms with Gasteiger partial charge < -0.3 is 4.74 Å². The maximum absolute atomic E-state index is 13.0. The molecule has 0 fully saturated rings. The van der Waals surface area contributed by atoms with Crippen molar-refractivity contribution in [2.75, 3.05) is 5.01 Å². The van der Waals surface area contributed by atoms with Crippen LogP contribution in [0, 0.1) is 0 Å². The lowest BCUT2D eigenvalue weighted by Crippen LogP contribution is -2.21. The van der Waals surface area contributed by atoms with E-state index in [9.17, 15) is 4.79 Å². The van der Waals surface area contributed by atoms with Crippen LogP contribution in [0.1, 0.15) is 18.1 Å². The third kappa shape index (κ3) is 4.77. The molecule has 0 atom stereocenters. The van der Waals surface area contributed by atoms with E-state index < -0.39 is 0 Å². The largest absolute Gasteiger partial charge is 0.487 e. The van der Waals surface area contributed by atoms with Gasteiger partial charge in [-0.15, -0.1) is 0 Å². The van der Waals surface area contributed by atoms with Gasteiger partial charge in [0.1, 0.15) is 12.4 Å². The summed E-state index contributed by atoms with van der Waals surface area (Å²) >= 11 is 18.6. The molecule has 1 heterocycles. The van der Waals surface area contributed by atoms with Crippen molar-refractivity contribution in [2.45, 2.75) is 13.5 Å². The second-order valence-corrected chi connectivity index (χ2v) is 8.20. The molecular formula is C24H17Cl3N2O2. The number of hydrazone groups is 1. The summed E-state index contributed by atoms with van der Waals surface area (Å²) in [4.78, 5) is 13.0. The molecule has 31 heavy (non-hydrogen) atoms. The summed E-state index contributed by atoms with van der Waals surface area (Å²) in [5, 5.41) is 7.23. The SMILES string of the molecule is CC1=NN(c2ccccc2)C(=O)/C1=C\c1cc(Cl)cc(Cl)c1OCc1ccc(Cl)cc1. The maximum atomic E-state index is 13.0. The van der Waals surface area contributed by atoms with E-state index in [-0.39, 0.29) is 12.5 Å². The first-order valence-electron chi connectivity index (χ1n) is 9.45. The third-order valence-corrected chi connectivity index (χ3v) is 5.45. The minimum Gasteiger partial charge on any atom is -0.487 e. The number of amides is 1. The molecule has 4 rings (SSSR count). The predicted molar refractivity (Wildman–Crippen MR) is 127 cm³/mol. The number of para-hydroxylation sites is 1. The highest BCUT2D eigenvalue weighted by molar-refractivity contribution is 6.36. The lowest BCUT2D eigenvalue weighted by Gasteiger charge is -2.13. The maximum Gasteiger partial charge on any atom is 0.280 e. The smallest absolute Gasteiger partial charge is 0.280 e. The van der Waals surface area contributed by atoms with Gasteiger partial charge in [-0.05, 0) is 55.0 Å². The number of halogens is 3. The minimum absolute atomic E-state index is 0.233. The zero-order chi connectivity index (χ0) is 22.0. The van der Waals surface area contributed by atoms with Gasteiger partial charge in [0.05, 0.1) is 22.0 Å². The van der Waals surface area contributed by atoms with Gasteiger partial charge in [0.2, 0.25) is 0 Å². The third-order valence-electron chi connectivity index (χ3n) is 4.70. The second-order valence-electron chi connectivity index (χ2n) is 6.92. The van der Waals surface area contributed by atoms with E-state index in [2.05, 4.69) is 5.10 Å². The molecule has 0 saturated heterocycles. The zero-order valence-corrected chi connectivity index (χ0v) is 18.7. The van der Waals surface area contributed by atoms with Gasteiger partial charge in [0.15, 0.2) is 0 Å². The van der Waals surface area contributed by atoms with E-state index in [1.807, 2.05) is 42.5 Å². The Kier molecular flexibility index (Phi) is 6.33. The van der Waals surface area contributed by atoms with Crippen molar-refractivity contribution in [3.8, 4) is 5.75 Å². The summed E-state index contributed by atoms with van der Waals surface area (Å²) in [6.07, 6.45) is 1.71. The number of anilines is 1. The van der Waals surface area contributed by atoms with Crippen molar-refractivity contribution in [1.29, 1.82) is 0 Å². The fraction of sp³-hybridized carbons (Fsp3) is 0.0833. The molecule has 0 bridgehead atoms. The predicted octanol–water partition coefficient (Wildman–Crippen LogP) is 7.03. The van der Waals surface area contributed by atoms with E-state index in [1.165, 1.54) is 5.01 Å². The highest BCUT2D eigenvalue weighted by Crippen LogP contribution is 2.36. The molecule has 3 aromatic rings. The van der Waals surface area contributed by atoms with E-state index in [4.69, 9.17) is 39.5 Å². The second kappa shape index (κ2) is 9.15. The molecule has 0 saturated carbocycles. The molecule has 156 valence electrons. The summed E-state index contributed by atoms with van der Waals surface area (Å²) in [6, 6.07) is 19.9. The highest BCUT2D eigenvalue weighted by atomic mass is 35.5. The van der Waals surface area contributed by atoms with Gasteiger partial charge in [0, 0.05) is 15.6 Å². The number of benzene rings is 3. The molecule has 7 heteroatoms. The molecule has 3 aromatic carbocycles. The Morgan fingerprint density at radius 1 is 0.968 bits per heavy atom. The molecule has 1 aliphatic rings. The van der Waals surface area contributed by atoms with E-state index in [0.717, 1.165) is 5.56 Å². The van der Waals surface area contributed by atoms with Gasteiger partial charge in [-0.2, -0.15) is 10.1 Å². The van der Waals surface area contributed by atoms with Crippen LogP contribution in [-0.2, 0) is 11.4 Å². The van der Waals surface area contributed by atoms with Crippen molar-refractivity contribution in [3.63, 3.8) is 0 Å². The number of ether oxygens (including phenoxy) is 1. The van der Waals surface area contributed by atoms with Crippen LogP contribution < -0.4 is 9.75 Å². The summed E-state index contributed by atoms with van der Waals surface area (Å²) in [7, 11) is 0. The van der Waals surface area contributed by atoms with Crippen LogP contribution in [0.25, 0.3) is 6.08 Å². The first kappa shape index (κ1) is 21.4. The van der Waals surface area contributed by atoms with E-state index in [1.54, 1.807) is 37.3 Å². The van der Waals surface area contributed by atoms with Gasteiger partial charge >= 0.3 is 0 Å². The van der Waals surface area contributed by atoms with Crippen LogP contribution in [0.3, 0.4) is 0 Å². The van der Waals surface area contributed by atoms with Crippen LogP contribution in [0.2, 0.25) is 15.1 Å². The average molecular weight is 472 g/mol. The number of carbonyl (C=O) groups excluding carboxylic acids is 1. The Balaban J connectivity index is 1.66. The fourth-order valence-corrected chi connectivity index (χ4v) is 3.85. The molecule has 1 aliphatic heterocycles. The minimum atomic E-state index is -0.233. The molecule has 0 aliphatic carbocycles. The lowest BCUT2D eigenvalue weighted by atomic mass is 10.1. The van der Waals surface area contributed by atoms with Crippen molar-refractivity contribution in [1.82, 2.24) is 0 Å². The topological polar surface area (TPSA) is 41.9 Å². The van der Waals surface area contributed by atoms with Gasteiger partial charge in [-0.25, -0.2) is 0 Å². The quantitative estimate of drug-likeness (QED) is 0.375. The van der Waals surface area contributed by atoms with Crippen LogP contribution in [-0.4, -0.2) is 11.6 Å². The molecule has 0 unspecified atom stereocenters. The van der Waals surface area contributed by atoms with E-state index in [0.29, 0.717) is 43.4 Å². The average Bonchev–Trinajstić information content (AvgIpc) is 3.03. The Labute approximate surface area is 195 Å². The molecule has 0 spiro atoms. The van der Waals surface area contributed by atoms with Gasteiger partial charge in [-0.3, -0.25) is 4.79 Å². The standard InChI is InChI=1S/C24H17Cl3N2O2/c1-15-21(24(30)29(28-15)20-5-3-2-4-6-20)12-17-11-19(26)13-22(27)23(17)31-14-16-7-9-18(25)10-8-16/h2-13H,14H2,1H3/b21-12-. The Bertz CT molecular complexity index is 1190. The van der Waals surface area contributed by atoms with Crippen molar-refractivity contribution in [2.24, 2.45) is 5.10 Å². The highest BCUT2D eigenvalue weighted by Gasteiger charge is 2.29. The lowest BCUT2D eigenvalue weighted by molar-refractivity contribution is -0.114. The molecule has 0 radical (unpaired) electrons. The van der Waals surface area contributed by atoms with Crippen LogP contribution in [0.5, 0.6) is 5.75 Å². The number of hydrogen-bond donors (Lipinski definition) is 0. The molecule has 0 aromatic heterocycles. The monoisotopic (exact) mass is 470 g/mol. The number of hydrogen-bond acceptors (Lipinski definition) is 3. The molecular weight excluding hydrogens is 455 g/mol. The normalized spacial score (nSPS) is 14.8. The zero-order valence-electron chi connectivity index (χ0n) is 16.5. The fourth-order valence-electron chi connectivity index (χ4n) is 3.16. The van der Waals surface area contributed by atoms with Crippen molar-refractivity contribution in [3.05, 3.63) is 98.5 Å². The first-order chi connectivity index (χ1) is 14.9. The van der Waals surface area contributed by atoms with Crippen LogP contribution in [0.4, 0.5) is 5.69 Å². The molecule has 0 N–H and O–H groups in total. The Hall–Kier alpha value is -2.79. The Morgan fingerprint density at radius 3 is 2.39 bits per heavy atom. The van der Waals surface area contributed by atoms with Crippen molar-refractivity contribution >= 4 is 58.2 Å². The van der Waals surface area contributed by atoms with Crippen molar-refractivity contribution < 1.29 is 9.53 Å². The van der Waals surface area contributed by atoms with Crippen LogP contribution in [0.15, 0.2) is 77.4 Å². The summed E-state index contributed by atoms with van der Waals surface area (Å²) < 4.78 is 6.00. The van der Waals surface area contributed by atoms with Gasteiger partial charge in [-0.1, -0.05) is 65.1 Å². The first-order valence-corrected chi connectivity index (χ1v) is 10.6. The summed E-state index contributed by atoms with van der Waals surface area (Å²) in [6.45, 7) is 2.07. The number of carbonyl (C=O) groups is 1. The van der Waals surface area contributed by atoms with Crippen LogP contribution >= 0.6 is 34.8 Å². The number of nitrogens with zero attached hydrogens (tertiary/aromatic N) is 2. The molecule has 1 amide bonds. The summed E-state index contributed by atoms with van der Waals surface area (Å²) in [5.74, 6) is 0.204. The van der Waals surface area contributed by atoms with E-state index >= 15 is 0 Å². The number of rotatable bonds is 5. The Morgan fingerprint density at radius 2 is 1.68 bits per heavy atom.